The molecule has 0 aliphatic carbocycles. The third-order valence-corrected chi connectivity index (χ3v) is 8.36. The summed E-state index contributed by atoms with van der Waals surface area (Å²) >= 11 is 0. The molecule has 236 valence electrons. The smallest absolute Gasteiger partial charge is 0.335 e. The Balaban J connectivity index is 1.36. The summed E-state index contributed by atoms with van der Waals surface area (Å²) in [6, 6.07) is 27.4. The lowest BCUT2D eigenvalue weighted by molar-refractivity contribution is -0.383. The lowest BCUT2D eigenvalue weighted by Crippen LogP contribution is -2.25. The Morgan fingerprint density at radius 1 is 0.826 bits per heavy atom. The van der Waals surface area contributed by atoms with Gasteiger partial charge in [0.1, 0.15) is 17.2 Å². The molecule has 2 aromatic heterocycles. The van der Waals surface area contributed by atoms with E-state index in [4.69, 9.17) is 14.5 Å². The van der Waals surface area contributed by atoms with E-state index in [2.05, 4.69) is 39.5 Å². The molecule has 1 aliphatic heterocycles. The summed E-state index contributed by atoms with van der Waals surface area (Å²) in [5, 5.41) is 16.9. The quantitative estimate of drug-likeness (QED) is 0.111. The van der Waals surface area contributed by atoms with Gasteiger partial charge in [0.05, 0.1) is 19.1 Å². The Labute approximate surface area is 268 Å². The molecule has 0 saturated carbocycles. The number of ether oxygens (including phenoxy) is 2. The Kier molecular flexibility index (Phi) is 9.54. The summed E-state index contributed by atoms with van der Waals surface area (Å²) in [5.74, 6) is 1.71. The van der Waals surface area contributed by atoms with Gasteiger partial charge in [-0.15, -0.1) is 0 Å². The molecule has 1 saturated heterocycles. The Morgan fingerprint density at radius 3 is 1.96 bits per heavy atom. The largest absolute Gasteiger partial charge is 0.497 e. The molecule has 0 unspecified atom stereocenters. The number of nitro groups is 1. The first kappa shape index (κ1) is 30.8. The maximum atomic E-state index is 12.9. The second-order valence-electron chi connectivity index (χ2n) is 11.5. The maximum Gasteiger partial charge on any atom is 0.335 e. The number of methoxy groups -OCH3 is 2. The van der Waals surface area contributed by atoms with Crippen LogP contribution in [0.2, 0.25) is 0 Å². The highest BCUT2D eigenvalue weighted by molar-refractivity contribution is 5.98. The highest BCUT2D eigenvalue weighted by Crippen LogP contribution is 2.40. The Bertz CT molecular complexity index is 1720. The van der Waals surface area contributed by atoms with Crippen molar-refractivity contribution in [2.24, 2.45) is 0 Å². The summed E-state index contributed by atoms with van der Waals surface area (Å²) < 4.78 is 10.7. The van der Waals surface area contributed by atoms with Gasteiger partial charge in [-0.3, -0.25) is 15.0 Å². The number of nitrogens with one attached hydrogen (secondary N) is 1. The lowest BCUT2D eigenvalue weighted by Gasteiger charge is -2.25. The topological polar surface area (TPSA) is 106 Å². The summed E-state index contributed by atoms with van der Waals surface area (Å²) in [7, 11) is 3.25. The monoisotopic (exact) mass is 618 g/mol. The van der Waals surface area contributed by atoms with E-state index in [0.717, 1.165) is 47.8 Å². The third-order valence-electron chi connectivity index (χ3n) is 8.36. The molecule has 0 bridgehead atoms. The highest BCUT2D eigenvalue weighted by atomic mass is 16.6. The highest BCUT2D eigenvalue weighted by Gasteiger charge is 2.29. The zero-order valence-corrected chi connectivity index (χ0v) is 26.2. The van der Waals surface area contributed by atoms with Crippen LogP contribution in [0.5, 0.6) is 11.5 Å². The molecule has 0 radical (unpaired) electrons. The molecule has 1 fully saturated rings. The van der Waals surface area contributed by atoms with Crippen LogP contribution < -0.4 is 19.7 Å². The molecule has 1 aliphatic rings. The summed E-state index contributed by atoms with van der Waals surface area (Å²) in [6.45, 7) is 4.40. The predicted octanol–water partition coefficient (Wildman–Crippen LogP) is 6.97. The van der Waals surface area contributed by atoms with Gasteiger partial charge in [0.2, 0.25) is 5.82 Å². The van der Waals surface area contributed by atoms with Crippen LogP contribution in [-0.2, 0) is 26.2 Å². The van der Waals surface area contributed by atoms with Gasteiger partial charge in [-0.1, -0.05) is 48.5 Å². The van der Waals surface area contributed by atoms with E-state index in [1.807, 2.05) is 59.5 Å². The molecule has 6 rings (SSSR count). The second kappa shape index (κ2) is 14.3. The molecule has 10 nitrogen and oxygen atoms in total. The minimum Gasteiger partial charge on any atom is -0.497 e. The fourth-order valence-electron chi connectivity index (χ4n) is 5.91. The van der Waals surface area contributed by atoms with Crippen LogP contribution in [0, 0.1) is 10.1 Å². The van der Waals surface area contributed by atoms with Crippen molar-refractivity contribution in [1.82, 2.24) is 14.9 Å². The summed E-state index contributed by atoms with van der Waals surface area (Å²) in [4.78, 5) is 26.3. The number of likely N-dealkylation sites (tertiary alicyclic amines) is 1. The van der Waals surface area contributed by atoms with Crippen LogP contribution in [0.25, 0.3) is 11.0 Å². The number of hydrogen-bond donors (Lipinski definition) is 1. The first-order valence-corrected chi connectivity index (χ1v) is 15.5. The lowest BCUT2D eigenvalue weighted by atomic mass is 10.1. The molecule has 0 amide bonds. The van der Waals surface area contributed by atoms with Gasteiger partial charge in [-0.25, -0.2) is 9.97 Å². The summed E-state index contributed by atoms with van der Waals surface area (Å²) in [6.07, 6.45) is 4.18. The van der Waals surface area contributed by atoms with Crippen LogP contribution in [0.4, 0.5) is 17.2 Å². The van der Waals surface area contributed by atoms with Crippen molar-refractivity contribution < 1.29 is 14.4 Å². The van der Waals surface area contributed by atoms with Crippen molar-refractivity contribution in [2.45, 2.75) is 39.0 Å². The fraction of sp³-hybridized carbons (Fsp3) is 0.278. The zero-order chi connectivity index (χ0) is 31.9. The average molecular weight is 619 g/mol. The summed E-state index contributed by atoms with van der Waals surface area (Å²) in [5.41, 5.74) is 4.95. The number of anilines is 2. The van der Waals surface area contributed by atoms with Crippen LogP contribution in [0.1, 0.15) is 35.1 Å². The van der Waals surface area contributed by atoms with Crippen molar-refractivity contribution in [3.63, 3.8) is 0 Å². The van der Waals surface area contributed by atoms with E-state index in [9.17, 15) is 10.1 Å². The molecule has 0 spiro atoms. The maximum absolute atomic E-state index is 12.9. The van der Waals surface area contributed by atoms with Gasteiger partial charge in [0, 0.05) is 37.8 Å². The van der Waals surface area contributed by atoms with Crippen LogP contribution >= 0.6 is 0 Å². The normalized spacial score (nSPS) is 13.1. The molecule has 3 heterocycles. The number of pyridine rings is 2. The van der Waals surface area contributed by atoms with E-state index in [0.29, 0.717) is 36.4 Å². The number of benzene rings is 3. The SMILES string of the molecule is COc1ccc(CN(Cc2ccc(OC)cc2)c2nc3ncccc3c(NCc3ccc(CN4CCCC4)cc3)c2[N+](=O)[O-])cc1. The molecule has 0 atom stereocenters. The molecule has 5 aromatic rings. The molecular formula is C36H38N6O4. The van der Waals surface area contributed by atoms with E-state index in [1.165, 1.54) is 18.4 Å². The van der Waals surface area contributed by atoms with Crippen LogP contribution in [0.15, 0.2) is 91.1 Å². The van der Waals surface area contributed by atoms with E-state index in [-0.39, 0.29) is 16.4 Å². The molecule has 46 heavy (non-hydrogen) atoms. The van der Waals surface area contributed by atoms with Gasteiger partial charge in [0.25, 0.3) is 0 Å². The van der Waals surface area contributed by atoms with Crippen molar-refractivity contribution in [2.75, 3.05) is 37.5 Å². The number of nitrogens with zero attached hydrogens (tertiary/aromatic N) is 5. The van der Waals surface area contributed by atoms with E-state index in [1.54, 1.807) is 26.5 Å². The number of rotatable bonds is 13. The molecule has 3 aromatic carbocycles. The van der Waals surface area contributed by atoms with Crippen molar-refractivity contribution >= 4 is 28.2 Å². The van der Waals surface area contributed by atoms with Crippen molar-refractivity contribution in [3.8, 4) is 11.5 Å². The van der Waals surface area contributed by atoms with Gasteiger partial charge < -0.3 is 19.7 Å². The Morgan fingerprint density at radius 2 is 1.39 bits per heavy atom. The van der Waals surface area contributed by atoms with Gasteiger partial charge in [-0.05, 0) is 84.6 Å². The molecule has 10 heteroatoms. The van der Waals surface area contributed by atoms with Crippen molar-refractivity contribution in [1.29, 1.82) is 0 Å². The van der Waals surface area contributed by atoms with Gasteiger partial charge in [0.15, 0.2) is 5.65 Å². The first-order valence-electron chi connectivity index (χ1n) is 15.5. The second-order valence-corrected chi connectivity index (χ2v) is 11.5. The standard InChI is InChI=1S/C36H38N6O4/c1-45-30-15-11-28(12-16-30)24-41(25-29-13-17-31(46-2)18-14-29)36-34(42(43)44)33(32-6-5-19-37-35(32)39-36)38-22-26-7-9-27(10-8-26)23-40-20-3-4-21-40/h5-19H,3-4,20-25H2,1-2H3,(H,37,38,39). The number of fused-ring (bicyclic) bond motifs is 1. The molecular weight excluding hydrogens is 580 g/mol. The minimum atomic E-state index is -0.342. The van der Waals surface area contributed by atoms with Crippen LogP contribution in [-0.4, -0.2) is 47.1 Å². The molecule has 1 N–H and O–H groups in total. The van der Waals surface area contributed by atoms with E-state index >= 15 is 0 Å². The fourth-order valence-corrected chi connectivity index (χ4v) is 5.91. The predicted molar refractivity (Wildman–Crippen MR) is 180 cm³/mol. The Hall–Kier alpha value is -5.22. The third kappa shape index (κ3) is 7.18. The van der Waals surface area contributed by atoms with Gasteiger partial charge >= 0.3 is 5.69 Å². The average Bonchev–Trinajstić information content (AvgIpc) is 3.61. The van der Waals surface area contributed by atoms with Crippen molar-refractivity contribution in [3.05, 3.63) is 123 Å². The zero-order valence-electron chi connectivity index (χ0n) is 26.2. The van der Waals surface area contributed by atoms with Crippen LogP contribution in [0.3, 0.4) is 0 Å². The minimum absolute atomic E-state index is 0.0897. The van der Waals surface area contributed by atoms with Gasteiger partial charge in [-0.2, -0.15) is 0 Å². The first-order chi connectivity index (χ1) is 22.5. The number of aromatic nitrogens is 2. The number of hydrogen-bond acceptors (Lipinski definition) is 9. The van der Waals surface area contributed by atoms with E-state index < -0.39 is 0 Å².